The van der Waals surface area contributed by atoms with Crippen LogP contribution in [-0.4, -0.2) is 17.2 Å². The normalized spacial score (nSPS) is 20.9. The van der Waals surface area contributed by atoms with Crippen LogP contribution in [-0.2, 0) is 16.0 Å². The first-order valence-electron chi connectivity index (χ1n) is 7.27. The van der Waals surface area contributed by atoms with E-state index < -0.39 is 11.7 Å². The maximum Gasteiger partial charge on any atom is 0.305 e. The fourth-order valence-electron chi connectivity index (χ4n) is 3.43. The topological polar surface area (TPSA) is 84.2 Å². The van der Waals surface area contributed by atoms with Crippen molar-refractivity contribution in [1.82, 2.24) is 10.7 Å². The van der Waals surface area contributed by atoms with Gasteiger partial charge in [-0.05, 0) is 24.8 Å². The van der Waals surface area contributed by atoms with Gasteiger partial charge < -0.3 is 5.32 Å². The highest BCUT2D eigenvalue weighted by Crippen LogP contribution is 2.39. The van der Waals surface area contributed by atoms with Gasteiger partial charge in [0.05, 0.1) is 0 Å². The molecule has 0 aromatic heterocycles. The lowest BCUT2D eigenvalue weighted by molar-refractivity contribution is -0.135. The molecule has 1 amide bonds. The zero-order valence-corrected chi connectivity index (χ0v) is 11.8. The molecule has 1 heterocycles. The van der Waals surface area contributed by atoms with Crippen LogP contribution in [0.4, 0.5) is 0 Å². The molecule has 1 saturated carbocycles. The Balaban J connectivity index is 2.00. The fourth-order valence-corrected chi connectivity index (χ4v) is 3.43. The third-order valence-electron chi connectivity index (χ3n) is 4.43. The maximum absolute atomic E-state index is 11.8. The molecule has 1 aromatic carbocycles. The summed E-state index contributed by atoms with van der Waals surface area (Å²) < 4.78 is 0. The Labute approximate surface area is 123 Å². The van der Waals surface area contributed by atoms with Crippen LogP contribution in [0.25, 0.3) is 5.70 Å². The molecule has 21 heavy (non-hydrogen) atoms. The van der Waals surface area contributed by atoms with Crippen LogP contribution in [0.15, 0.2) is 30.3 Å². The van der Waals surface area contributed by atoms with Gasteiger partial charge in [-0.25, -0.2) is 5.84 Å². The van der Waals surface area contributed by atoms with Crippen molar-refractivity contribution in [2.75, 3.05) is 0 Å². The third-order valence-corrected chi connectivity index (χ3v) is 4.43. The number of nitrogens with two attached hydrogens (primary N) is 1. The average Bonchev–Trinajstić information content (AvgIpc) is 2.94. The summed E-state index contributed by atoms with van der Waals surface area (Å²) in [5.74, 6) is 3.59. The molecule has 5 heteroatoms. The molecule has 0 bridgehead atoms. The molecule has 1 aliphatic carbocycles. The lowest BCUT2D eigenvalue weighted by atomic mass is 9.82. The van der Waals surface area contributed by atoms with Gasteiger partial charge in [-0.2, -0.15) is 0 Å². The second-order valence-electron chi connectivity index (χ2n) is 5.84. The molecule has 0 saturated heterocycles. The van der Waals surface area contributed by atoms with Crippen LogP contribution in [0.2, 0.25) is 0 Å². The zero-order chi connectivity index (χ0) is 14.9. The first-order chi connectivity index (χ1) is 10.1. The van der Waals surface area contributed by atoms with Crippen molar-refractivity contribution >= 4 is 17.4 Å². The molecule has 0 radical (unpaired) electrons. The fraction of sp³-hybridized carbons (Fsp3) is 0.375. The first kappa shape index (κ1) is 13.8. The second-order valence-corrected chi connectivity index (χ2v) is 5.84. The third kappa shape index (κ3) is 2.56. The van der Waals surface area contributed by atoms with Gasteiger partial charge in [-0.3, -0.25) is 15.0 Å². The van der Waals surface area contributed by atoms with E-state index in [0.717, 1.165) is 30.5 Å². The minimum atomic E-state index is -0.798. The van der Waals surface area contributed by atoms with Gasteiger partial charge in [0.2, 0.25) is 5.78 Å². The van der Waals surface area contributed by atoms with Crippen molar-refractivity contribution in [1.29, 1.82) is 0 Å². The number of hydrogen-bond acceptors (Lipinski definition) is 4. The Bertz CT molecular complexity index is 616. The van der Waals surface area contributed by atoms with E-state index in [-0.39, 0.29) is 5.54 Å². The molecule has 2 aliphatic rings. The molecule has 110 valence electrons. The maximum atomic E-state index is 11.8. The summed E-state index contributed by atoms with van der Waals surface area (Å²) in [6.07, 6.45) is 6.91. The number of amides is 1. The Hall–Kier alpha value is -2.14. The summed E-state index contributed by atoms with van der Waals surface area (Å²) in [6, 6.07) is 8.02. The van der Waals surface area contributed by atoms with E-state index >= 15 is 0 Å². The largest absolute Gasteiger partial charge is 0.379 e. The number of nitrogens with one attached hydrogen (secondary N) is 2. The summed E-state index contributed by atoms with van der Waals surface area (Å²) in [6.45, 7) is 0. The van der Waals surface area contributed by atoms with E-state index in [2.05, 4.69) is 11.4 Å². The molecule has 1 aromatic rings. The number of hydrogen-bond donors (Lipinski definition) is 3. The van der Waals surface area contributed by atoms with Gasteiger partial charge in [0.1, 0.15) is 0 Å². The van der Waals surface area contributed by atoms with Crippen molar-refractivity contribution in [3.8, 4) is 0 Å². The Morgan fingerprint density at radius 1 is 1.24 bits per heavy atom. The number of fused-ring (bicyclic) bond motifs is 1. The van der Waals surface area contributed by atoms with E-state index in [1.165, 1.54) is 24.5 Å². The minimum Gasteiger partial charge on any atom is -0.379 e. The average molecular weight is 285 g/mol. The SMILES string of the molecule is NNC(=O)C(=O)/C=C1\NC2(CCCC2)Cc2ccccc21. The van der Waals surface area contributed by atoms with Crippen LogP contribution in [0.1, 0.15) is 36.8 Å². The summed E-state index contributed by atoms with van der Waals surface area (Å²) in [4.78, 5) is 23.2. The molecular weight excluding hydrogens is 266 g/mol. The van der Waals surface area contributed by atoms with E-state index in [1.54, 1.807) is 0 Å². The van der Waals surface area contributed by atoms with Gasteiger partial charge in [0.25, 0.3) is 0 Å². The van der Waals surface area contributed by atoms with Crippen LogP contribution in [0, 0.1) is 0 Å². The quantitative estimate of drug-likeness (QED) is 0.249. The van der Waals surface area contributed by atoms with Gasteiger partial charge in [0.15, 0.2) is 0 Å². The monoisotopic (exact) mass is 285 g/mol. The smallest absolute Gasteiger partial charge is 0.305 e. The van der Waals surface area contributed by atoms with Crippen LogP contribution in [0.3, 0.4) is 0 Å². The van der Waals surface area contributed by atoms with Crippen LogP contribution in [0.5, 0.6) is 0 Å². The summed E-state index contributed by atoms with van der Waals surface area (Å²) in [5, 5.41) is 3.51. The van der Waals surface area contributed by atoms with E-state index in [0.29, 0.717) is 0 Å². The molecule has 5 nitrogen and oxygen atoms in total. The molecular formula is C16H19N3O2. The van der Waals surface area contributed by atoms with Crippen molar-refractivity contribution in [2.24, 2.45) is 5.84 Å². The van der Waals surface area contributed by atoms with E-state index in [1.807, 2.05) is 23.6 Å². The van der Waals surface area contributed by atoms with Gasteiger partial charge in [-0.15, -0.1) is 0 Å². The van der Waals surface area contributed by atoms with Crippen molar-refractivity contribution in [2.45, 2.75) is 37.6 Å². The standard InChI is InChI=1S/C16H19N3O2/c17-19-15(21)14(20)9-13-12-6-2-1-5-11(12)10-16(18-13)7-3-4-8-16/h1-2,5-6,9,18H,3-4,7-8,10,17H2,(H,19,21)/b13-9-. The Kier molecular flexibility index (Phi) is 3.51. The van der Waals surface area contributed by atoms with Crippen molar-refractivity contribution < 1.29 is 9.59 Å². The summed E-state index contributed by atoms with van der Waals surface area (Å²) >= 11 is 0. The molecule has 1 aliphatic heterocycles. The van der Waals surface area contributed by atoms with E-state index in [9.17, 15) is 9.59 Å². The molecule has 1 fully saturated rings. The molecule has 1 spiro atoms. The predicted molar refractivity (Wildman–Crippen MR) is 79.8 cm³/mol. The van der Waals surface area contributed by atoms with Crippen molar-refractivity contribution in [3.63, 3.8) is 0 Å². The van der Waals surface area contributed by atoms with Gasteiger partial charge in [0, 0.05) is 22.9 Å². The summed E-state index contributed by atoms with van der Waals surface area (Å²) in [7, 11) is 0. The lowest BCUT2D eigenvalue weighted by Crippen LogP contribution is -2.47. The highest BCUT2D eigenvalue weighted by Gasteiger charge is 2.38. The first-order valence-corrected chi connectivity index (χ1v) is 7.27. The number of carbonyl (C=O) groups excluding carboxylic acids is 2. The highest BCUT2D eigenvalue weighted by atomic mass is 16.2. The molecule has 0 unspecified atom stereocenters. The Morgan fingerprint density at radius 3 is 2.67 bits per heavy atom. The minimum absolute atomic E-state index is 0.0274. The number of hydrazine groups is 1. The van der Waals surface area contributed by atoms with E-state index in [4.69, 9.17) is 5.84 Å². The van der Waals surface area contributed by atoms with Gasteiger partial charge in [-0.1, -0.05) is 37.1 Å². The number of benzene rings is 1. The van der Waals surface area contributed by atoms with Crippen LogP contribution < -0.4 is 16.6 Å². The Morgan fingerprint density at radius 2 is 1.95 bits per heavy atom. The lowest BCUT2D eigenvalue weighted by Gasteiger charge is -2.38. The molecule has 3 rings (SSSR count). The number of carbonyl (C=O) groups is 2. The van der Waals surface area contributed by atoms with Crippen LogP contribution >= 0.6 is 0 Å². The number of rotatable bonds is 2. The second kappa shape index (κ2) is 5.33. The molecule has 0 atom stereocenters. The predicted octanol–water partition coefficient (Wildman–Crippen LogP) is 1.04. The van der Waals surface area contributed by atoms with Gasteiger partial charge >= 0.3 is 5.91 Å². The molecule has 4 N–H and O–H groups in total. The zero-order valence-electron chi connectivity index (χ0n) is 11.8. The number of ketones is 1. The van der Waals surface area contributed by atoms with Crippen molar-refractivity contribution in [3.05, 3.63) is 41.5 Å². The summed E-state index contributed by atoms with van der Waals surface area (Å²) in [5.41, 5.74) is 4.86. The highest BCUT2D eigenvalue weighted by molar-refractivity contribution is 6.41.